The van der Waals surface area contributed by atoms with Crippen molar-refractivity contribution in [1.29, 1.82) is 0 Å². The number of ether oxygens (including phenoxy) is 1. The quantitative estimate of drug-likeness (QED) is 0.797. The minimum absolute atomic E-state index is 0.102. The molecule has 1 amide bonds. The van der Waals surface area contributed by atoms with Gasteiger partial charge >= 0.3 is 0 Å². The Morgan fingerprint density at radius 3 is 2.57 bits per heavy atom. The summed E-state index contributed by atoms with van der Waals surface area (Å²) in [5.41, 5.74) is -0.116. The predicted molar refractivity (Wildman–Crippen MR) is 83.1 cm³/mol. The molecule has 0 unspecified atom stereocenters. The van der Waals surface area contributed by atoms with Gasteiger partial charge in [0, 0.05) is 33.9 Å². The number of rotatable bonds is 3. The summed E-state index contributed by atoms with van der Waals surface area (Å²) in [5, 5.41) is 2.94. The Morgan fingerprint density at radius 1 is 1.38 bits per heavy atom. The first-order valence-electron chi connectivity index (χ1n) is 6.36. The van der Waals surface area contributed by atoms with Gasteiger partial charge in [-0.2, -0.15) is 0 Å². The highest BCUT2D eigenvalue weighted by Gasteiger charge is 2.30. The molecule has 0 aliphatic carbocycles. The smallest absolute Gasteiger partial charge is 0.261 e. The van der Waals surface area contributed by atoms with Crippen LogP contribution in [0.15, 0.2) is 27.6 Å². The van der Waals surface area contributed by atoms with Crippen LogP contribution in [-0.2, 0) is 13.8 Å². The molecule has 5 nitrogen and oxygen atoms in total. The Labute approximate surface area is 136 Å². The minimum atomic E-state index is -3.87. The van der Waals surface area contributed by atoms with Crippen LogP contribution in [0.4, 0.5) is 0 Å². The third-order valence-corrected chi connectivity index (χ3v) is 5.52. The van der Waals surface area contributed by atoms with Gasteiger partial charge in [0.15, 0.2) is 0 Å². The molecule has 116 valence electrons. The molecule has 1 fully saturated rings. The number of nitrogens with one attached hydrogen (secondary N) is 1. The van der Waals surface area contributed by atoms with Crippen LogP contribution in [0.2, 0.25) is 0 Å². The number of amides is 1. The van der Waals surface area contributed by atoms with Crippen molar-refractivity contribution < 1.29 is 17.9 Å². The molecule has 1 aliphatic heterocycles. The monoisotopic (exact) mass is 395 g/mol. The molecule has 1 aromatic carbocycles. The van der Waals surface area contributed by atoms with E-state index in [2.05, 4.69) is 21.2 Å². The molecule has 1 N–H and O–H groups in total. The molecule has 0 spiro atoms. The van der Waals surface area contributed by atoms with E-state index in [0.29, 0.717) is 30.5 Å². The van der Waals surface area contributed by atoms with Crippen LogP contribution >= 0.6 is 26.6 Å². The lowest BCUT2D eigenvalue weighted by molar-refractivity contribution is 0.0422. The number of halogens is 2. The van der Waals surface area contributed by atoms with E-state index < -0.39 is 9.05 Å². The molecule has 1 saturated heterocycles. The molecule has 1 heterocycles. The second-order valence-electron chi connectivity index (χ2n) is 5.21. The van der Waals surface area contributed by atoms with E-state index in [4.69, 9.17) is 15.4 Å². The van der Waals surface area contributed by atoms with Crippen LogP contribution in [0, 0.1) is 0 Å². The summed E-state index contributed by atoms with van der Waals surface area (Å²) in [4.78, 5) is 12.3. The van der Waals surface area contributed by atoms with Crippen molar-refractivity contribution >= 4 is 41.6 Å². The van der Waals surface area contributed by atoms with Crippen LogP contribution in [0.5, 0.6) is 0 Å². The molecule has 0 saturated carbocycles. The van der Waals surface area contributed by atoms with Crippen LogP contribution < -0.4 is 5.32 Å². The standard InChI is InChI=1S/C13H15BrClNO4S/c1-13(4-6-20-7-5-13)16-12(17)10-8-9(21(15,18)19)2-3-11(10)14/h2-3,8H,4-7H2,1H3,(H,16,17). The van der Waals surface area contributed by atoms with Gasteiger partial charge < -0.3 is 10.1 Å². The second kappa shape index (κ2) is 6.24. The third kappa shape index (κ3) is 4.18. The molecular formula is C13H15BrClNO4S. The fourth-order valence-electron chi connectivity index (χ4n) is 2.12. The number of hydrogen-bond donors (Lipinski definition) is 1. The fraction of sp³-hybridized carbons (Fsp3) is 0.462. The highest BCUT2D eigenvalue weighted by molar-refractivity contribution is 9.10. The maximum absolute atomic E-state index is 12.4. The zero-order chi connectivity index (χ0) is 15.7. The number of carbonyl (C=O) groups is 1. The van der Waals surface area contributed by atoms with E-state index in [9.17, 15) is 13.2 Å². The molecule has 0 bridgehead atoms. The normalized spacial score (nSPS) is 18.2. The topological polar surface area (TPSA) is 72.5 Å². The molecule has 21 heavy (non-hydrogen) atoms. The maximum Gasteiger partial charge on any atom is 0.261 e. The van der Waals surface area contributed by atoms with E-state index in [1.807, 2.05) is 6.92 Å². The summed E-state index contributed by atoms with van der Waals surface area (Å²) in [6, 6.07) is 4.11. The van der Waals surface area contributed by atoms with E-state index in [-0.39, 0.29) is 21.9 Å². The van der Waals surface area contributed by atoms with Gasteiger partial charge in [-0.3, -0.25) is 4.79 Å². The Hall–Kier alpha value is -0.630. The molecule has 0 atom stereocenters. The predicted octanol–water partition coefficient (Wildman–Crippen LogP) is 2.68. The number of carbonyl (C=O) groups excluding carboxylic acids is 1. The zero-order valence-corrected chi connectivity index (χ0v) is 14.5. The summed E-state index contributed by atoms with van der Waals surface area (Å²) in [7, 11) is 1.44. The molecule has 8 heteroatoms. The highest BCUT2D eigenvalue weighted by atomic mass is 79.9. The van der Waals surface area contributed by atoms with Crippen molar-refractivity contribution in [2.24, 2.45) is 0 Å². The lowest BCUT2D eigenvalue weighted by Gasteiger charge is -2.34. The van der Waals surface area contributed by atoms with Crippen LogP contribution in [0.1, 0.15) is 30.1 Å². The molecular weight excluding hydrogens is 382 g/mol. The van der Waals surface area contributed by atoms with E-state index in [1.54, 1.807) is 0 Å². The maximum atomic E-state index is 12.4. The zero-order valence-electron chi connectivity index (χ0n) is 11.4. The van der Waals surface area contributed by atoms with Crippen LogP contribution in [0.25, 0.3) is 0 Å². The molecule has 2 rings (SSSR count). The molecule has 0 radical (unpaired) electrons. The third-order valence-electron chi connectivity index (χ3n) is 3.48. The molecule has 1 aliphatic rings. The molecule has 0 aromatic heterocycles. The van der Waals surface area contributed by atoms with Gasteiger partial charge in [-0.25, -0.2) is 8.42 Å². The molecule has 1 aromatic rings. The van der Waals surface area contributed by atoms with E-state index in [0.717, 1.165) is 0 Å². The summed E-state index contributed by atoms with van der Waals surface area (Å²) in [5.74, 6) is -0.339. The Bertz CT molecular complexity index is 656. The summed E-state index contributed by atoms with van der Waals surface area (Å²) in [6.07, 6.45) is 1.42. The van der Waals surface area contributed by atoms with Gasteiger partial charge in [0.25, 0.3) is 15.0 Å². The SMILES string of the molecule is CC1(NC(=O)c2cc(S(=O)(=O)Cl)ccc2Br)CCOCC1. The average molecular weight is 397 g/mol. The average Bonchev–Trinajstić information content (AvgIpc) is 2.38. The van der Waals surface area contributed by atoms with Crippen molar-refractivity contribution in [3.05, 3.63) is 28.2 Å². The van der Waals surface area contributed by atoms with Crippen molar-refractivity contribution in [3.63, 3.8) is 0 Å². The summed E-state index contributed by atoms with van der Waals surface area (Å²) < 4.78 is 28.5. The van der Waals surface area contributed by atoms with Crippen molar-refractivity contribution in [3.8, 4) is 0 Å². The number of benzene rings is 1. The Balaban J connectivity index is 2.26. The van der Waals surface area contributed by atoms with Gasteiger partial charge in [0.05, 0.1) is 10.5 Å². The first kappa shape index (κ1) is 16.7. The van der Waals surface area contributed by atoms with E-state index >= 15 is 0 Å². The van der Waals surface area contributed by atoms with Gasteiger partial charge in [0.1, 0.15) is 0 Å². The highest BCUT2D eigenvalue weighted by Crippen LogP contribution is 2.25. The van der Waals surface area contributed by atoms with Gasteiger partial charge in [-0.05, 0) is 53.9 Å². The van der Waals surface area contributed by atoms with Crippen molar-refractivity contribution in [2.45, 2.75) is 30.2 Å². The Kier molecular flexibility index (Phi) is 4.97. The van der Waals surface area contributed by atoms with Gasteiger partial charge in [0.2, 0.25) is 0 Å². The Morgan fingerprint density at radius 2 is 2.00 bits per heavy atom. The van der Waals surface area contributed by atoms with Crippen molar-refractivity contribution in [1.82, 2.24) is 5.32 Å². The van der Waals surface area contributed by atoms with E-state index in [1.165, 1.54) is 18.2 Å². The lowest BCUT2D eigenvalue weighted by Crippen LogP contribution is -2.49. The van der Waals surface area contributed by atoms with Crippen LogP contribution in [0.3, 0.4) is 0 Å². The van der Waals surface area contributed by atoms with Crippen molar-refractivity contribution in [2.75, 3.05) is 13.2 Å². The van der Waals surface area contributed by atoms with Gasteiger partial charge in [-0.1, -0.05) is 0 Å². The lowest BCUT2D eigenvalue weighted by atomic mass is 9.92. The second-order valence-corrected chi connectivity index (χ2v) is 8.63. The van der Waals surface area contributed by atoms with Crippen LogP contribution in [-0.4, -0.2) is 33.1 Å². The first-order valence-corrected chi connectivity index (χ1v) is 9.46. The first-order chi connectivity index (χ1) is 9.71. The summed E-state index contributed by atoms with van der Waals surface area (Å²) >= 11 is 3.26. The fourth-order valence-corrected chi connectivity index (χ4v) is 3.32. The largest absolute Gasteiger partial charge is 0.381 e. The van der Waals surface area contributed by atoms with Gasteiger partial charge in [-0.15, -0.1) is 0 Å². The number of hydrogen-bond acceptors (Lipinski definition) is 4. The minimum Gasteiger partial charge on any atom is -0.381 e. The summed E-state index contributed by atoms with van der Waals surface area (Å²) in [6.45, 7) is 3.13.